The Morgan fingerprint density at radius 3 is 2.18 bits per heavy atom. The van der Waals surface area contributed by atoms with E-state index in [1.165, 1.54) is 18.2 Å². The van der Waals surface area contributed by atoms with Crippen LogP contribution in [-0.2, 0) is 16.4 Å². The van der Waals surface area contributed by atoms with Crippen molar-refractivity contribution < 1.29 is 31.4 Å². The summed E-state index contributed by atoms with van der Waals surface area (Å²) in [6.45, 7) is 0.250. The molecule has 4 aromatic carbocycles. The quantitative estimate of drug-likeness (QED) is 0.291. The Morgan fingerprint density at radius 2 is 1.47 bits per heavy atom. The first-order valence-corrected chi connectivity index (χ1v) is 13.4. The summed E-state index contributed by atoms with van der Waals surface area (Å²) in [5.41, 5.74) is -1.10. The number of halogens is 3. The highest BCUT2D eigenvalue weighted by Gasteiger charge is 2.46. The molecule has 0 saturated heterocycles. The van der Waals surface area contributed by atoms with Crippen LogP contribution >= 0.6 is 0 Å². The Kier molecular flexibility index (Phi) is 6.90. The molecule has 0 amide bonds. The topological polar surface area (TPSA) is 75.6 Å². The lowest BCUT2D eigenvalue weighted by molar-refractivity contribution is -0.0429. The van der Waals surface area contributed by atoms with Crippen molar-refractivity contribution >= 4 is 15.7 Å². The summed E-state index contributed by atoms with van der Waals surface area (Å²) in [4.78, 5) is 0. The second kappa shape index (κ2) is 10.2. The van der Waals surface area contributed by atoms with Crippen LogP contribution in [0.25, 0.3) is 22.3 Å². The Labute approximate surface area is 218 Å². The molecule has 0 bridgehead atoms. The van der Waals surface area contributed by atoms with E-state index >= 15 is 0 Å². The van der Waals surface area contributed by atoms with Crippen molar-refractivity contribution in [3.05, 3.63) is 108 Å². The number of benzene rings is 4. The highest BCUT2D eigenvalue weighted by molar-refractivity contribution is 7.93. The highest BCUT2D eigenvalue weighted by Crippen LogP contribution is 2.41. The van der Waals surface area contributed by atoms with Crippen molar-refractivity contribution in [1.82, 2.24) is 0 Å². The SMILES string of the molecule is O=S(=O)(Nc1ccccc1-c1ccc2c(c1)OCC(Cc1ccc(-c3ccccc3)cc1)[C@@H]2O)C(F)(F)F. The van der Waals surface area contributed by atoms with Crippen LogP contribution in [0.2, 0.25) is 0 Å². The van der Waals surface area contributed by atoms with Crippen molar-refractivity contribution in [2.75, 3.05) is 11.3 Å². The molecule has 0 aliphatic carbocycles. The number of alkyl halides is 3. The van der Waals surface area contributed by atoms with Crippen molar-refractivity contribution in [3.8, 4) is 28.0 Å². The largest absolute Gasteiger partial charge is 0.516 e. The number of hydrogen-bond acceptors (Lipinski definition) is 4. The second-order valence-electron chi connectivity index (χ2n) is 9.13. The first-order valence-electron chi connectivity index (χ1n) is 11.9. The minimum absolute atomic E-state index is 0.193. The van der Waals surface area contributed by atoms with Gasteiger partial charge in [0.1, 0.15) is 5.75 Å². The van der Waals surface area contributed by atoms with Crippen molar-refractivity contribution in [1.29, 1.82) is 0 Å². The maximum absolute atomic E-state index is 12.9. The Bertz CT molecular complexity index is 1540. The van der Waals surface area contributed by atoms with E-state index in [-0.39, 0.29) is 23.8 Å². The molecule has 4 aromatic rings. The van der Waals surface area contributed by atoms with Gasteiger partial charge in [0.2, 0.25) is 0 Å². The summed E-state index contributed by atoms with van der Waals surface area (Å²) in [5.74, 6) is 0.209. The zero-order valence-corrected chi connectivity index (χ0v) is 20.8. The van der Waals surface area contributed by atoms with E-state index < -0.39 is 21.6 Å². The van der Waals surface area contributed by atoms with Gasteiger partial charge in [0, 0.05) is 17.0 Å². The zero-order valence-electron chi connectivity index (χ0n) is 20.0. The molecule has 1 heterocycles. The van der Waals surface area contributed by atoms with Crippen LogP contribution in [0.15, 0.2) is 97.1 Å². The van der Waals surface area contributed by atoms with Gasteiger partial charge >= 0.3 is 15.5 Å². The molecule has 0 radical (unpaired) electrons. The summed E-state index contributed by atoms with van der Waals surface area (Å²) in [5, 5.41) is 11.1. The summed E-state index contributed by atoms with van der Waals surface area (Å²) in [7, 11) is -5.58. The van der Waals surface area contributed by atoms with Gasteiger partial charge in [-0.05, 0) is 40.8 Å². The van der Waals surface area contributed by atoms with Crippen molar-refractivity contribution in [3.63, 3.8) is 0 Å². The Balaban J connectivity index is 1.34. The molecule has 0 fully saturated rings. The van der Waals surface area contributed by atoms with E-state index in [0.717, 1.165) is 16.7 Å². The van der Waals surface area contributed by atoms with Gasteiger partial charge in [0.15, 0.2) is 0 Å². The average Bonchev–Trinajstić information content (AvgIpc) is 2.90. The average molecular weight is 540 g/mol. The molecule has 196 valence electrons. The van der Waals surface area contributed by atoms with Crippen molar-refractivity contribution in [2.45, 2.75) is 18.0 Å². The molecule has 1 unspecified atom stereocenters. The normalized spacial score (nSPS) is 17.4. The number of rotatable bonds is 6. The zero-order chi connectivity index (χ0) is 26.9. The number of aliphatic hydroxyl groups excluding tert-OH is 1. The van der Waals surface area contributed by atoms with E-state index in [4.69, 9.17) is 4.74 Å². The number of ether oxygens (including phenoxy) is 1. The van der Waals surface area contributed by atoms with Crippen LogP contribution in [0, 0.1) is 5.92 Å². The molecular weight excluding hydrogens is 515 g/mol. The number of sulfonamides is 1. The predicted octanol–water partition coefficient (Wildman–Crippen LogP) is 6.57. The summed E-state index contributed by atoms with van der Waals surface area (Å²) in [6.07, 6.45) is -0.208. The molecule has 1 aliphatic rings. The van der Waals surface area contributed by atoms with Crippen LogP contribution in [0.4, 0.5) is 18.9 Å². The maximum atomic E-state index is 12.9. The Morgan fingerprint density at radius 1 is 0.842 bits per heavy atom. The third-order valence-corrected chi connectivity index (χ3v) is 7.68. The minimum Gasteiger partial charge on any atom is -0.493 e. The van der Waals surface area contributed by atoms with Gasteiger partial charge in [-0.3, -0.25) is 4.72 Å². The standard InChI is InChI=1S/C29H24F3NO4S/c30-29(31,32)38(35,36)33-26-9-5-4-8-24(26)22-14-15-25-27(17-22)37-18-23(28(25)34)16-19-10-12-21(13-11-19)20-6-2-1-3-7-20/h1-15,17,23,28,33-34H,16,18H2/t23?,28-/m0/s1. The molecular formula is C29H24F3NO4S. The summed E-state index contributed by atoms with van der Waals surface area (Å²) >= 11 is 0. The molecule has 1 aliphatic heterocycles. The lowest BCUT2D eigenvalue weighted by Gasteiger charge is -2.31. The first-order chi connectivity index (χ1) is 18.1. The smallest absolute Gasteiger partial charge is 0.493 e. The maximum Gasteiger partial charge on any atom is 0.516 e. The van der Waals surface area contributed by atoms with E-state index in [0.29, 0.717) is 23.3 Å². The fourth-order valence-corrected chi connectivity index (χ4v) is 5.16. The molecule has 5 nitrogen and oxygen atoms in total. The van der Waals surface area contributed by atoms with Gasteiger partial charge in [0.25, 0.3) is 0 Å². The molecule has 2 atom stereocenters. The van der Waals surface area contributed by atoms with Gasteiger partial charge < -0.3 is 9.84 Å². The van der Waals surface area contributed by atoms with Gasteiger partial charge in [0.05, 0.1) is 18.4 Å². The summed E-state index contributed by atoms with van der Waals surface area (Å²) in [6, 6.07) is 28.9. The monoisotopic (exact) mass is 539 g/mol. The summed E-state index contributed by atoms with van der Waals surface area (Å²) < 4.78 is 69.6. The minimum atomic E-state index is -5.58. The van der Waals surface area contributed by atoms with Crippen LogP contribution < -0.4 is 9.46 Å². The number of para-hydroxylation sites is 1. The number of fused-ring (bicyclic) bond motifs is 1. The van der Waals surface area contributed by atoms with E-state index in [2.05, 4.69) is 0 Å². The number of hydrogen-bond donors (Lipinski definition) is 2. The van der Waals surface area contributed by atoms with Crippen LogP contribution in [0.1, 0.15) is 17.2 Å². The second-order valence-corrected chi connectivity index (χ2v) is 10.8. The predicted molar refractivity (Wildman–Crippen MR) is 140 cm³/mol. The first kappa shape index (κ1) is 25.8. The van der Waals surface area contributed by atoms with Gasteiger partial charge in [-0.2, -0.15) is 21.6 Å². The third-order valence-electron chi connectivity index (χ3n) is 6.58. The highest BCUT2D eigenvalue weighted by atomic mass is 32.2. The van der Waals surface area contributed by atoms with Crippen LogP contribution in [0.3, 0.4) is 0 Å². The molecule has 9 heteroatoms. The van der Waals surface area contributed by atoms with Crippen LogP contribution in [0.5, 0.6) is 5.75 Å². The van der Waals surface area contributed by atoms with Gasteiger partial charge in [-0.15, -0.1) is 0 Å². The Hall–Kier alpha value is -3.82. The lowest BCUT2D eigenvalue weighted by atomic mass is 9.87. The van der Waals surface area contributed by atoms with Crippen molar-refractivity contribution in [2.24, 2.45) is 5.92 Å². The molecule has 5 rings (SSSR count). The number of anilines is 1. The number of nitrogens with one attached hydrogen (secondary N) is 1. The van der Waals surface area contributed by atoms with E-state index in [1.54, 1.807) is 29.0 Å². The number of aliphatic hydroxyl groups is 1. The van der Waals surface area contributed by atoms with E-state index in [1.807, 2.05) is 54.6 Å². The lowest BCUT2D eigenvalue weighted by Crippen LogP contribution is -2.30. The van der Waals surface area contributed by atoms with Crippen LogP contribution in [-0.4, -0.2) is 25.6 Å². The van der Waals surface area contributed by atoms with E-state index in [9.17, 15) is 26.7 Å². The molecule has 38 heavy (non-hydrogen) atoms. The molecule has 0 aromatic heterocycles. The van der Waals surface area contributed by atoms with Gasteiger partial charge in [-0.1, -0.05) is 84.9 Å². The fourth-order valence-electron chi connectivity index (χ4n) is 4.58. The molecule has 0 spiro atoms. The third kappa shape index (κ3) is 5.25. The molecule has 2 N–H and O–H groups in total. The fraction of sp³-hybridized carbons (Fsp3) is 0.172. The van der Waals surface area contributed by atoms with Gasteiger partial charge in [-0.25, -0.2) is 0 Å². The molecule has 0 saturated carbocycles.